The number of hydrogen-bond donors (Lipinski definition) is 1. The Morgan fingerprint density at radius 3 is 2.83 bits per heavy atom. The van der Waals surface area contributed by atoms with Gasteiger partial charge in [-0.15, -0.1) is 0 Å². The van der Waals surface area contributed by atoms with E-state index in [2.05, 4.69) is 28.6 Å². The number of likely N-dealkylation sites (tertiary alicyclic amines) is 1. The van der Waals surface area contributed by atoms with Crippen molar-refractivity contribution in [1.29, 1.82) is 0 Å². The van der Waals surface area contributed by atoms with Gasteiger partial charge in [0.25, 0.3) is 0 Å². The van der Waals surface area contributed by atoms with Crippen molar-refractivity contribution in [3.05, 3.63) is 78.1 Å². The molecule has 3 aromatic rings. The van der Waals surface area contributed by atoms with Gasteiger partial charge < -0.3 is 15.0 Å². The lowest BCUT2D eigenvalue weighted by Crippen LogP contribution is -2.34. The maximum atomic E-state index is 12.5. The Balaban J connectivity index is 1.32. The standard InChI is InChI=1S/C24H28N4O2/c1-30-23-8-3-5-19(16-23)17-25-13-11-21-9-10-24(29)27(21)18-20-6-2-7-22(15-20)28-14-4-12-26-28/h2-8,12,14-16,21,25H,9-11,13,17-18H2,1H3/t21-/m1/s1. The number of benzene rings is 2. The lowest BCUT2D eigenvalue weighted by atomic mass is 10.1. The first-order valence-corrected chi connectivity index (χ1v) is 10.4. The van der Waals surface area contributed by atoms with Crippen LogP contribution in [0.5, 0.6) is 5.75 Å². The predicted octanol–water partition coefficient (Wildman–Crippen LogP) is 3.55. The maximum absolute atomic E-state index is 12.5. The number of rotatable bonds is 9. The number of methoxy groups -OCH3 is 1. The predicted molar refractivity (Wildman–Crippen MR) is 116 cm³/mol. The summed E-state index contributed by atoms with van der Waals surface area (Å²) in [5, 5.41) is 7.80. The van der Waals surface area contributed by atoms with E-state index in [9.17, 15) is 4.79 Å². The van der Waals surface area contributed by atoms with Gasteiger partial charge in [-0.2, -0.15) is 5.10 Å². The van der Waals surface area contributed by atoms with Crippen LogP contribution < -0.4 is 10.1 Å². The van der Waals surface area contributed by atoms with Gasteiger partial charge in [0.05, 0.1) is 12.8 Å². The quantitative estimate of drug-likeness (QED) is 0.554. The molecule has 6 heteroatoms. The first-order chi connectivity index (χ1) is 14.7. The zero-order valence-corrected chi connectivity index (χ0v) is 17.3. The zero-order chi connectivity index (χ0) is 20.8. The number of ether oxygens (including phenoxy) is 1. The maximum Gasteiger partial charge on any atom is 0.223 e. The molecule has 0 spiro atoms. The Bertz CT molecular complexity index is 971. The summed E-state index contributed by atoms with van der Waals surface area (Å²) in [6.45, 7) is 2.32. The molecule has 1 aromatic heterocycles. The monoisotopic (exact) mass is 404 g/mol. The molecule has 1 aliphatic heterocycles. The fourth-order valence-corrected chi connectivity index (χ4v) is 4.01. The molecule has 0 radical (unpaired) electrons. The van der Waals surface area contributed by atoms with Gasteiger partial charge in [0.1, 0.15) is 5.75 Å². The third-order valence-corrected chi connectivity index (χ3v) is 5.60. The highest BCUT2D eigenvalue weighted by Crippen LogP contribution is 2.24. The van der Waals surface area contributed by atoms with Crippen molar-refractivity contribution in [2.45, 2.75) is 38.4 Å². The van der Waals surface area contributed by atoms with E-state index in [1.54, 1.807) is 13.3 Å². The molecule has 0 aliphatic carbocycles. The average molecular weight is 405 g/mol. The molecule has 1 aliphatic rings. The van der Waals surface area contributed by atoms with Gasteiger partial charge in [0.15, 0.2) is 0 Å². The van der Waals surface area contributed by atoms with Gasteiger partial charge in [0, 0.05) is 37.9 Å². The normalized spacial score (nSPS) is 16.2. The van der Waals surface area contributed by atoms with Crippen molar-refractivity contribution >= 4 is 5.91 Å². The van der Waals surface area contributed by atoms with E-state index in [0.717, 1.165) is 42.9 Å². The molecule has 156 valence electrons. The fraction of sp³-hybridized carbons (Fsp3) is 0.333. The Hall–Kier alpha value is -3.12. The summed E-state index contributed by atoms with van der Waals surface area (Å²) in [4.78, 5) is 14.5. The summed E-state index contributed by atoms with van der Waals surface area (Å²) in [6.07, 6.45) is 6.22. The highest BCUT2D eigenvalue weighted by atomic mass is 16.5. The van der Waals surface area contributed by atoms with E-state index in [0.29, 0.717) is 13.0 Å². The van der Waals surface area contributed by atoms with E-state index in [4.69, 9.17) is 4.74 Å². The molecular weight excluding hydrogens is 376 g/mol. The third kappa shape index (κ3) is 4.89. The van der Waals surface area contributed by atoms with Crippen LogP contribution in [0.1, 0.15) is 30.4 Å². The highest BCUT2D eigenvalue weighted by Gasteiger charge is 2.30. The third-order valence-electron chi connectivity index (χ3n) is 5.60. The molecular formula is C24H28N4O2. The SMILES string of the molecule is COc1cccc(CNCC[C@H]2CCC(=O)N2Cc2cccc(-n3cccn3)c2)c1. The van der Waals surface area contributed by atoms with Crippen molar-refractivity contribution in [2.75, 3.05) is 13.7 Å². The van der Waals surface area contributed by atoms with Gasteiger partial charge in [-0.3, -0.25) is 4.79 Å². The first kappa shape index (κ1) is 20.2. The van der Waals surface area contributed by atoms with Crippen LogP contribution in [0.4, 0.5) is 0 Å². The van der Waals surface area contributed by atoms with Crippen LogP contribution in [0, 0.1) is 0 Å². The van der Waals surface area contributed by atoms with E-state index in [1.165, 1.54) is 5.56 Å². The minimum Gasteiger partial charge on any atom is -0.497 e. The molecule has 2 heterocycles. The number of nitrogens with zero attached hydrogens (tertiary/aromatic N) is 3. The molecule has 1 atom stereocenters. The van der Waals surface area contributed by atoms with Gasteiger partial charge in [-0.1, -0.05) is 24.3 Å². The lowest BCUT2D eigenvalue weighted by Gasteiger charge is -2.25. The largest absolute Gasteiger partial charge is 0.497 e. The van der Waals surface area contributed by atoms with Crippen LogP contribution in [0.25, 0.3) is 5.69 Å². The number of amides is 1. The van der Waals surface area contributed by atoms with Gasteiger partial charge in [-0.05, 0) is 60.8 Å². The van der Waals surface area contributed by atoms with Crippen LogP contribution >= 0.6 is 0 Å². The van der Waals surface area contributed by atoms with Crippen LogP contribution in [-0.4, -0.2) is 40.3 Å². The number of hydrogen-bond acceptors (Lipinski definition) is 4. The molecule has 30 heavy (non-hydrogen) atoms. The summed E-state index contributed by atoms with van der Waals surface area (Å²) in [6, 6.07) is 18.5. The second-order valence-electron chi connectivity index (χ2n) is 7.65. The molecule has 1 fully saturated rings. The van der Waals surface area contributed by atoms with Crippen molar-refractivity contribution in [1.82, 2.24) is 20.0 Å². The second-order valence-corrected chi connectivity index (χ2v) is 7.65. The average Bonchev–Trinajstić information content (AvgIpc) is 3.43. The summed E-state index contributed by atoms with van der Waals surface area (Å²) in [5.41, 5.74) is 3.34. The molecule has 6 nitrogen and oxygen atoms in total. The Morgan fingerprint density at radius 2 is 2.00 bits per heavy atom. The molecule has 1 saturated heterocycles. The van der Waals surface area contributed by atoms with E-state index in [1.807, 2.05) is 52.2 Å². The molecule has 4 rings (SSSR count). The van der Waals surface area contributed by atoms with Gasteiger partial charge in [0.2, 0.25) is 5.91 Å². The first-order valence-electron chi connectivity index (χ1n) is 10.4. The van der Waals surface area contributed by atoms with Crippen LogP contribution in [-0.2, 0) is 17.9 Å². The van der Waals surface area contributed by atoms with Crippen LogP contribution in [0.3, 0.4) is 0 Å². The van der Waals surface area contributed by atoms with Crippen molar-refractivity contribution < 1.29 is 9.53 Å². The molecule has 0 unspecified atom stereocenters. The molecule has 2 aromatic carbocycles. The van der Waals surface area contributed by atoms with Crippen molar-refractivity contribution in [3.8, 4) is 11.4 Å². The van der Waals surface area contributed by atoms with Crippen molar-refractivity contribution in [2.24, 2.45) is 0 Å². The number of nitrogens with one attached hydrogen (secondary N) is 1. The smallest absolute Gasteiger partial charge is 0.223 e. The van der Waals surface area contributed by atoms with E-state index in [-0.39, 0.29) is 11.9 Å². The topological polar surface area (TPSA) is 59.4 Å². The number of carbonyl (C=O) groups excluding carboxylic acids is 1. The summed E-state index contributed by atoms with van der Waals surface area (Å²) >= 11 is 0. The molecule has 1 N–H and O–H groups in total. The summed E-state index contributed by atoms with van der Waals surface area (Å²) in [7, 11) is 1.68. The van der Waals surface area contributed by atoms with E-state index < -0.39 is 0 Å². The Morgan fingerprint density at radius 1 is 1.13 bits per heavy atom. The lowest BCUT2D eigenvalue weighted by molar-refractivity contribution is -0.129. The van der Waals surface area contributed by atoms with E-state index >= 15 is 0 Å². The molecule has 0 saturated carbocycles. The van der Waals surface area contributed by atoms with Gasteiger partial charge >= 0.3 is 0 Å². The number of carbonyl (C=O) groups is 1. The van der Waals surface area contributed by atoms with Crippen LogP contribution in [0.2, 0.25) is 0 Å². The van der Waals surface area contributed by atoms with Crippen molar-refractivity contribution in [3.63, 3.8) is 0 Å². The van der Waals surface area contributed by atoms with Crippen LogP contribution in [0.15, 0.2) is 67.0 Å². The summed E-state index contributed by atoms with van der Waals surface area (Å²) < 4.78 is 7.12. The minimum absolute atomic E-state index is 0.247. The molecule has 1 amide bonds. The zero-order valence-electron chi connectivity index (χ0n) is 17.3. The Labute approximate surface area is 177 Å². The second kappa shape index (κ2) is 9.59. The highest BCUT2D eigenvalue weighted by molar-refractivity contribution is 5.78. The minimum atomic E-state index is 0.247. The Kier molecular flexibility index (Phi) is 6.44. The fourth-order valence-electron chi connectivity index (χ4n) is 4.01. The van der Waals surface area contributed by atoms with Gasteiger partial charge in [-0.25, -0.2) is 4.68 Å². The molecule has 0 bridgehead atoms. The number of aromatic nitrogens is 2. The summed E-state index contributed by atoms with van der Waals surface area (Å²) in [5.74, 6) is 1.12.